The predicted octanol–water partition coefficient (Wildman–Crippen LogP) is 4.65. The van der Waals surface area contributed by atoms with Gasteiger partial charge in [0.2, 0.25) is 5.95 Å². The molecule has 3 rings (SSSR count). The number of nitrogens with one attached hydrogen (secondary N) is 2. The van der Waals surface area contributed by atoms with E-state index in [1.54, 1.807) is 12.1 Å². The van der Waals surface area contributed by atoms with Gasteiger partial charge in [0.15, 0.2) is 5.82 Å². The van der Waals surface area contributed by atoms with Crippen molar-refractivity contribution < 1.29 is 4.39 Å². The third kappa shape index (κ3) is 4.69. The lowest BCUT2D eigenvalue weighted by Gasteiger charge is -2.22. The molecule has 27 heavy (non-hydrogen) atoms. The van der Waals surface area contributed by atoms with E-state index < -0.39 is 0 Å². The maximum Gasteiger partial charge on any atom is 0.249 e. The fourth-order valence-electron chi connectivity index (χ4n) is 2.82. The Morgan fingerprint density at radius 2 is 1.85 bits per heavy atom. The average Bonchev–Trinajstić information content (AvgIpc) is 2.65. The van der Waals surface area contributed by atoms with Gasteiger partial charge in [-0.3, -0.25) is 0 Å². The third-order valence-corrected chi connectivity index (χ3v) is 4.24. The van der Waals surface area contributed by atoms with Crippen LogP contribution < -0.4 is 15.5 Å². The van der Waals surface area contributed by atoms with Crippen LogP contribution in [0.1, 0.15) is 19.4 Å². The van der Waals surface area contributed by atoms with E-state index in [1.165, 1.54) is 24.0 Å². The smallest absolute Gasteiger partial charge is 0.249 e. The van der Waals surface area contributed by atoms with Crippen molar-refractivity contribution >= 4 is 28.8 Å². The van der Waals surface area contributed by atoms with Crippen LogP contribution in [0.15, 0.2) is 48.7 Å². The average molecular weight is 366 g/mol. The summed E-state index contributed by atoms with van der Waals surface area (Å²) in [6.07, 6.45) is 1.49. The molecule has 0 aliphatic heterocycles. The van der Waals surface area contributed by atoms with Crippen molar-refractivity contribution in [3.8, 4) is 0 Å². The molecule has 6 nitrogen and oxygen atoms in total. The molecule has 0 radical (unpaired) electrons. The molecule has 0 spiro atoms. The number of benzene rings is 2. The molecule has 2 N–H and O–H groups in total. The molecule has 140 valence electrons. The van der Waals surface area contributed by atoms with Gasteiger partial charge >= 0.3 is 0 Å². The SMILES string of the molecule is CCN(CC)c1ccc(Nc2nncc(Nc3cccc(F)c3)n2)c(C)c1. The number of rotatable bonds is 7. The first-order chi connectivity index (χ1) is 13.1. The van der Waals surface area contributed by atoms with Gasteiger partial charge in [-0.1, -0.05) is 6.07 Å². The summed E-state index contributed by atoms with van der Waals surface area (Å²) in [6, 6.07) is 12.4. The zero-order valence-electron chi connectivity index (χ0n) is 15.7. The van der Waals surface area contributed by atoms with E-state index in [0.29, 0.717) is 17.5 Å². The summed E-state index contributed by atoms with van der Waals surface area (Å²) in [6.45, 7) is 8.24. The molecule has 0 fully saturated rings. The van der Waals surface area contributed by atoms with Crippen LogP contribution in [0.25, 0.3) is 0 Å². The summed E-state index contributed by atoms with van der Waals surface area (Å²) < 4.78 is 13.3. The Hall–Kier alpha value is -3.22. The zero-order chi connectivity index (χ0) is 19.2. The Kier molecular flexibility index (Phi) is 5.80. The second-order valence-corrected chi connectivity index (χ2v) is 6.10. The van der Waals surface area contributed by atoms with Crippen molar-refractivity contribution in [1.82, 2.24) is 15.2 Å². The van der Waals surface area contributed by atoms with Crippen LogP contribution >= 0.6 is 0 Å². The second kappa shape index (κ2) is 8.44. The maximum atomic E-state index is 13.3. The number of hydrogen-bond acceptors (Lipinski definition) is 6. The quantitative estimate of drug-likeness (QED) is 0.634. The molecular weight excluding hydrogens is 343 g/mol. The van der Waals surface area contributed by atoms with Crippen molar-refractivity contribution in [2.45, 2.75) is 20.8 Å². The lowest BCUT2D eigenvalue weighted by Crippen LogP contribution is -2.21. The predicted molar refractivity (Wildman–Crippen MR) is 108 cm³/mol. The molecule has 1 aromatic heterocycles. The molecule has 1 heterocycles. The highest BCUT2D eigenvalue weighted by molar-refractivity contribution is 5.65. The van der Waals surface area contributed by atoms with Gasteiger partial charge in [-0.15, -0.1) is 5.10 Å². The van der Waals surface area contributed by atoms with Crippen LogP contribution in [0, 0.1) is 12.7 Å². The van der Waals surface area contributed by atoms with Gasteiger partial charge < -0.3 is 15.5 Å². The highest BCUT2D eigenvalue weighted by atomic mass is 19.1. The van der Waals surface area contributed by atoms with Gasteiger partial charge in [0.1, 0.15) is 5.82 Å². The third-order valence-electron chi connectivity index (χ3n) is 4.24. The number of halogens is 1. The minimum atomic E-state index is -0.315. The fourth-order valence-corrected chi connectivity index (χ4v) is 2.82. The topological polar surface area (TPSA) is 66.0 Å². The molecule has 3 aromatic rings. The Bertz CT molecular complexity index is 910. The fraction of sp³-hybridized carbons (Fsp3) is 0.250. The summed E-state index contributed by atoms with van der Waals surface area (Å²) in [5.74, 6) is 0.537. The molecule has 0 aliphatic rings. The minimum absolute atomic E-state index is 0.315. The van der Waals surface area contributed by atoms with E-state index in [2.05, 4.69) is 56.7 Å². The van der Waals surface area contributed by atoms with Crippen molar-refractivity contribution in [3.63, 3.8) is 0 Å². The first kappa shape index (κ1) is 18.6. The number of aromatic nitrogens is 3. The Balaban J connectivity index is 1.76. The van der Waals surface area contributed by atoms with Gasteiger partial charge in [0.05, 0.1) is 6.20 Å². The zero-order valence-corrected chi connectivity index (χ0v) is 15.7. The number of nitrogens with zero attached hydrogens (tertiary/aromatic N) is 4. The molecule has 0 bridgehead atoms. The van der Waals surface area contributed by atoms with E-state index in [4.69, 9.17) is 0 Å². The van der Waals surface area contributed by atoms with Crippen molar-refractivity contribution in [1.29, 1.82) is 0 Å². The molecule has 0 atom stereocenters. The monoisotopic (exact) mass is 366 g/mol. The molecule has 0 unspecified atom stereocenters. The summed E-state index contributed by atoms with van der Waals surface area (Å²) in [4.78, 5) is 6.69. The second-order valence-electron chi connectivity index (χ2n) is 6.10. The van der Waals surface area contributed by atoms with Crippen molar-refractivity contribution in [2.24, 2.45) is 0 Å². The van der Waals surface area contributed by atoms with Crippen LogP contribution in [0.4, 0.5) is 33.2 Å². The van der Waals surface area contributed by atoms with Crippen LogP contribution in [0.5, 0.6) is 0 Å². The molecule has 2 aromatic carbocycles. The Morgan fingerprint density at radius 1 is 1.04 bits per heavy atom. The Labute approximate surface area is 158 Å². The molecule has 0 aliphatic carbocycles. The summed E-state index contributed by atoms with van der Waals surface area (Å²) in [7, 11) is 0. The van der Waals surface area contributed by atoms with Gasteiger partial charge in [0, 0.05) is 30.2 Å². The van der Waals surface area contributed by atoms with E-state index >= 15 is 0 Å². The minimum Gasteiger partial charge on any atom is -0.372 e. The first-order valence-corrected chi connectivity index (χ1v) is 8.94. The lowest BCUT2D eigenvalue weighted by atomic mass is 10.1. The molecular formula is C20H23FN6. The normalized spacial score (nSPS) is 10.5. The molecule has 0 amide bonds. The van der Waals surface area contributed by atoms with E-state index in [-0.39, 0.29) is 5.82 Å². The highest BCUT2D eigenvalue weighted by Crippen LogP contribution is 2.25. The molecule has 0 saturated carbocycles. The number of anilines is 5. The van der Waals surface area contributed by atoms with Crippen LogP contribution in [0.3, 0.4) is 0 Å². The van der Waals surface area contributed by atoms with E-state index in [9.17, 15) is 4.39 Å². The van der Waals surface area contributed by atoms with Gasteiger partial charge in [-0.05, 0) is 62.7 Å². The van der Waals surface area contributed by atoms with Crippen molar-refractivity contribution in [3.05, 3.63) is 60.0 Å². The van der Waals surface area contributed by atoms with E-state index in [0.717, 1.165) is 24.3 Å². The molecule has 0 saturated heterocycles. The van der Waals surface area contributed by atoms with Crippen LogP contribution in [-0.2, 0) is 0 Å². The lowest BCUT2D eigenvalue weighted by molar-refractivity contribution is 0.628. The first-order valence-electron chi connectivity index (χ1n) is 8.94. The number of hydrogen-bond donors (Lipinski definition) is 2. The van der Waals surface area contributed by atoms with Gasteiger partial charge in [-0.25, -0.2) is 4.39 Å². The van der Waals surface area contributed by atoms with E-state index in [1.807, 2.05) is 13.0 Å². The molecule has 7 heteroatoms. The standard InChI is InChI=1S/C20H23FN6/c1-4-27(5-2)17-9-10-18(14(3)11-17)24-20-25-19(13-22-26-20)23-16-8-6-7-15(21)12-16/h6-13H,4-5H2,1-3H3,(H2,23,24,25,26). The Morgan fingerprint density at radius 3 is 2.56 bits per heavy atom. The van der Waals surface area contributed by atoms with Gasteiger partial charge in [0.25, 0.3) is 0 Å². The summed E-state index contributed by atoms with van der Waals surface area (Å²) in [5, 5.41) is 14.2. The van der Waals surface area contributed by atoms with Crippen LogP contribution in [-0.4, -0.2) is 28.3 Å². The van der Waals surface area contributed by atoms with Crippen LogP contribution in [0.2, 0.25) is 0 Å². The maximum absolute atomic E-state index is 13.3. The van der Waals surface area contributed by atoms with Crippen molar-refractivity contribution in [2.75, 3.05) is 28.6 Å². The van der Waals surface area contributed by atoms with Gasteiger partial charge in [-0.2, -0.15) is 10.1 Å². The summed E-state index contributed by atoms with van der Waals surface area (Å²) >= 11 is 0. The largest absolute Gasteiger partial charge is 0.372 e. The summed E-state index contributed by atoms with van der Waals surface area (Å²) in [5.41, 5.74) is 3.78. The highest BCUT2D eigenvalue weighted by Gasteiger charge is 2.07. The number of aryl methyl sites for hydroxylation is 1.